The van der Waals surface area contributed by atoms with E-state index in [1.165, 1.54) is 135 Å². The number of terminal acetylenes is 1. The highest BCUT2D eigenvalue weighted by atomic mass is 16.5. The molecule has 57 heavy (non-hydrogen) atoms. The zero-order valence-electron chi connectivity index (χ0n) is 39.3. The van der Waals surface area contributed by atoms with Crippen LogP contribution in [0.4, 0.5) is 0 Å². The summed E-state index contributed by atoms with van der Waals surface area (Å²) < 4.78 is 10.8. The molecule has 0 aliphatic heterocycles. The third kappa shape index (κ3) is 42.8. The molecule has 0 amide bonds. The van der Waals surface area contributed by atoms with E-state index in [1.807, 2.05) is 7.11 Å². The number of hydrogen-bond donors (Lipinski definition) is 2. The summed E-state index contributed by atoms with van der Waals surface area (Å²) in [7, 11) is 1.81. The predicted octanol–water partition coefficient (Wildman–Crippen LogP) is 13.9. The lowest BCUT2D eigenvalue weighted by Gasteiger charge is -2.25. The van der Waals surface area contributed by atoms with Crippen LogP contribution in [-0.2, 0) is 14.3 Å². The standard InChI is InChI=1S/C35H67NO4.C16H34O/c1-4-7-10-12-14-20-28-36(29-21-15-22-30-37)32-34(38)25-18-19-26-35(39)40-31-27-33(23-16-9-6-3)24-17-13-11-8-5-2;1-5-7-9-10-12-16(11-8-6-2)15(3)13-14-17-4/h1,33-34,37-38H,5-32H2,2-3H3;15-16H,5-14H2,1-4H3. The number of aliphatic hydroxyl groups is 2. The molecule has 4 atom stereocenters. The second-order valence-corrected chi connectivity index (χ2v) is 17.4. The van der Waals surface area contributed by atoms with Crippen molar-refractivity contribution in [2.24, 2.45) is 17.8 Å². The van der Waals surface area contributed by atoms with Crippen molar-refractivity contribution in [3.05, 3.63) is 0 Å². The minimum atomic E-state index is -0.364. The molecule has 6 heteroatoms. The Hall–Kier alpha value is -1.13. The van der Waals surface area contributed by atoms with Crippen molar-refractivity contribution in [1.82, 2.24) is 4.90 Å². The van der Waals surface area contributed by atoms with Gasteiger partial charge in [0.1, 0.15) is 0 Å². The Morgan fingerprint density at radius 3 is 1.77 bits per heavy atom. The topological polar surface area (TPSA) is 79.2 Å². The minimum Gasteiger partial charge on any atom is -0.466 e. The summed E-state index contributed by atoms with van der Waals surface area (Å²) in [6.45, 7) is 15.9. The van der Waals surface area contributed by atoms with E-state index < -0.39 is 0 Å². The number of carbonyl (C=O) groups excluding carboxylic acids is 1. The number of carbonyl (C=O) groups is 1. The molecule has 0 aliphatic carbocycles. The van der Waals surface area contributed by atoms with Crippen molar-refractivity contribution in [1.29, 1.82) is 0 Å². The third-order valence-corrected chi connectivity index (χ3v) is 12.0. The van der Waals surface area contributed by atoms with Gasteiger partial charge in [0, 0.05) is 39.7 Å². The second kappa shape index (κ2) is 47.5. The molecule has 6 nitrogen and oxygen atoms in total. The molecule has 0 aromatic heterocycles. The van der Waals surface area contributed by atoms with E-state index in [1.54, 1.807) is 0 Å². The Balaban J connectivity index is 0. The van der Waals surface area contributed by atoms with Crippen LogP contribution in [0.3, 0.4) is 0 Å². The molecule has 0 aromatic carbocycles. The largest absolute Gasteiger partial charge is 0.466 e. The van der Waals surface area contributed by atoms with Gasteiger partial charge in [-0.05, 0) is 88.6 Å². The maximum Gasteiger partial charge on any atom is 0.305 e. The van der Waals surface area contributed by atoms with Gasteiger partial charge in [-0.2, -0.15) is 0 Å². The number of hydrogen-bond acceptors (Lipinski definition) is 6. The fourth-order valence-corrected chi connectivity index (χ4v) is 7.99. The van der Waals surface area contributed by atoms with E-state index in [9.17, 15) is 9.90 Å². The van der Waals surface area contributed by atoms with E-state index in [2.05, 4.69) is 45.4 Å². The second-order valence-electron chi connectivity index (χ2n) is 17.4. The molecule has 0 rings (SSSR count). The monoisotopic (exact) mass is 808 g/mol. The highest BCUT2D eigenvalue weighted by molar-refractivity contribution is 5.69. The van der Waals surface area contributed by atoms with Gasteiger partial charge in [0.2, 0.25) is 0 Å². The van der Waals surface area contributed by atoms with Gasteiger partial charge in [-0.1, -0.05) is 169 Å². The maximum atomic E-state index is 12.3. The summed E-state index contributed by atoms with van der Waals surface area (Å²) in [5, 5.41) is 19.7. The molecule has 0 saturated carbocycles. The van der Waals surface area contributed by atoms with Crippen LogP contribution in [0.5, 0.6) is 0 Å². The first kappa shape index (κ1) is 58.0. The molecule has 0 radical (unpaired) electrons. The number of nitrogens with zero attached hydrogens (tertiary/aromatic N) is 1. The molecule has 2 N–H and O–H groups in total. The van der Waals surface area contributed by atoms with Crippen LogP contribution in [0.15, 0.2) is 0 Å². The van der Waals surface area contributed by atoms with E-state index in [4.69, 9.17) is 21.0 Å². The zero-order valence-corrected chi connectivity index (χ0v) is 39.3. The molecule has 0 saturated heterocycles. The molecule has 340 valence electrons. The number of methoxy groups -OCH3 is 1. The van der Waals surface area contributed by atoms with Crippen molar-refractivity contribution in [3.63, 3.8) is 0 Å². The SMILES string of the molecule is C#CCCCCCCN(CCCCCO)CC(O)CCCCC(=O)OCCC(CCCCC)CCCCCCC.CCCCCCC(CCCC)C(C)CCOC. The Labute approximate surface area is 357 Å². The van der Waals surface area contributed by atoms with Crippen LogP contribution in [0.2, 0.25) is 0 Å². The fraction of sp³-hybridized carbons (Fsp3) is 0.941. The van der Waals surface area contributed by atoms with Crippen LogP contribution in [-0.4, -0.2) is 73.8 Å². The maximum absolute atomic E-state index is 12.3. The molecule has 0 bridgehead atoms. The average molecular weight is 808 g/mol. The summed E-state index contributed by atoms with van der Waals surface area (Å²) in [4.78, 5) is 14.7. The predicted molar refractivity (Wildman–Crippen MR) is 248 cm³/mol. The molecule has 4 unspecified atom stereocenters. The number of rotatable bonds is 43. The van der Waals surface area contributed by atoms with Crippen molar-refractivity contribution >= 4 is 5.97 Å². The summed E-state index contributed by atoms with van der Waals surface area (Å²) in [6, 6.07) is 0. The van der Waals surface area contributed by atoms with Gasteiger partial charge in [-0.25, -0.2) is 0 Å². The van der Waals surface area contributed by atoms with Crippen LogP contribution in [0.1, 0.15) is 240 Å². The summed E-state index contributed by atoms with van der Waals surface area (Å²) in [5.41, 5.74) is 0. The van der Waals surface area contributed by atoms with E-state index >= 15 is 0 Å². The Morgan fingerprint density at radius 1 is 0.614 bits per heavy atom. The van der Waals surface area contributed by atoms with Gasteiger partial charge in [0.15, 0.2) is 0 Å². The Morgan fingerprint density at radius 2 is 1.14 bits per heavy atom. The zero-order chi connectivity index (χ0) is 42.5. The van der Waals surface area contributed by atoms with Crippen molar-refractivity contribution in [3.8, 4) is 12.3 Å². The number of unbranched alkanes of at least 4 members (excludes halogenated alkanes) is 17. The summed E-state index contributed by atoms with van der Waals surface area (Å²) >= 11 is 0. The Kier molecular flexibility index (Phi) is 48.4. The number of ether oxygens (including phenoxy) is 2. The van der Waals surface area contributed by atoms with Gasteiger partial charge in [-0.15, -0.1) is 12.3 Å². The molecule has 0 fully saturated rings. The summed E-state index contributed by atoms with van der Waals surface area (Å²) in [5.74, 6) is 5.08. The summed E-state index contributed by atoms with van der Waals surface area (Å²) in [6.07, 6.45) is 42.5. The first-order valence-corrected chi connectivity index (χ1v) is 24.9. The molecule has 0 heterocycles. The minimum absolute atomic E-state index is 0.0833. The van der Waals surface area contributed by atoms with E-state index in [0.29, 0.717) is 25.5 Å². The van der Waals surface area contributed by atoms with Gasteiger partial charge >= 0.3 is 5.97 Å². The highest BCUT2D eigenvalue weighted by Crippen LogP contribution is 2.27. The van der Waals surface area contributed by atoms with E-state index in [-0.39, 0.29) is 18.7 Å². The van der Waals surface area contributed by atoms with Gasteiger partial charge in [0.25, 0.3) is 0 Å². The fourth-order valence-electron chi connectivity index (χ4n) is 7.99. The lowest BCUT2D eigenvalue weighted by molar-refractivity contribution is -0.144. The molecule has 0 spiro atoms. The lowest BCUT2D eigenvalue weighted by atomic mass is 9.83. The van der Waals surface area contributed by atoms with Gasteiger partial charge in [0.05, 0.1) is 12.7 Å². The van der Waals surface area contributed by atoms with Gasteiger partial charge in [-0.3, -0.25) is 4.79 Å². The van der Waals surface area contributed by atoms with Crippen molar-refractivity contribution < 1.29 is 24.5 Å². The van der Waals surface area contributed by atoms with Crippen LogP contribution in [0.25, 0.3) is 0 Å². The molecule has 0 aromatic rings. The van der Waals surface area contributed by atoms with Crippen LogP contribution in [0, 0.1) is 30.1 Å². The molecular formula is C51H101NO5. The highest BCUT2D eigenvalue weighted by Gasteiger charge is 2.17. The van der Waals surface area contributed by atoms with E-state index in [0.717, 1.165) is 95.7 Å². The number of esters is 1. The van der Waals surface area contributed by atoms with Crippen molar-refractivity contribution in [2.45, 2.75) is 246 Å². The van der Waals surface area contributed by atoms with Crippen LogP contribution >= 0.6 is 0 Å². The first-order chi connectivity index (χ1) is 27.8. The van der Waals surface area contributed by atoms with Gasteiger partial charge < -0.3 is 24.6 Å². The number of aliphatic hydroxyl groups excluding tert-OH is 2. The molecule has 0 aliphatic rings. The Bertz CT molecular complexity index is 831. The molecular weight excluding hydrogens is 707 g/mol. The lowest BCUT2D eigenvalue weighted by Crippen LogP contribution is -2.34. The smallest absolute Gasteiger partial charge is 0.305 e. The normalized spacial score (nSPS) is 13.5. The van der Waals surface area contributed by atoms with Crippen molar-refractivity contribution in [2.75, 3.05) is 46.6 Å². The van der Waals surface area contributed by atoms with Crippen LogP contribution < -0.4 is 0 Å². The first-order valence-electron chi connectivity index (χ1n) is 24.9. The quantitative estimate of drug-likeness (QED) is 0.0363. The average Bonchev–Trinajstić information content (AvgIpc) is 3.21. The third-order valence-electron chi connectivity index (χ3n) is 12.0.